The Balaban J connectivity index is 2.65. The normalized spacial score (nSPS) is 10.6. The molecule has 3 nitrogen and oxygen atoms in total. The molecule has 1 N–H and O–H groups in total. The van der Waals surface area contributed by atoms with Crippen molar-refractivity contribution in [3.05, 3.63) is 37.8 Å². The van der Waals surface area contributed by atoms with E-state index in [-0.39, 0.29) is 5.82 Å². The first kappa shape index (κ1) is 14.6. The molecule has 0 saturated heterocycles. The number of benzene rings is 1. The summed E-state index contributed by atoms with van der Waals surface area (Å²) in [6.45, 7) is 2.04. The van der Waals surface area contributed by atoms with E-state index in [1.807, 2.05) is 14.0 Å². The van der Waals surface area contributed by atoms with Gasteiger partial charge in [0, 0.05) is 17.1 Å². The van der Waals surface area contributed by atoms with Crippen LogP contribution in [0.1, 0.15) is 12.6 Å². The van der Waals surface area contributed by atoms with Crippen molar-refractivity contribution in [1.82, 2.24) is 9.97 Å². The van der Waals surface area contributed by atoms with Crippen LogP contribution in [-0.2, 0) is 6.42 Å². The Morgan fingerprint density at radius 2 is 2.11 bits per heavy atom. The summed E-state index contributed by atoms with van der Waals surface area (Å²) in [5, 5.41) is 3.05. The summed E-state index contributed by atoms with van der Waals surface area (Å²) >= 11 is 5.63. The summed E-state index contributed by atoms with van der Waals surface area (Å²) in [7, 11) is 1.81. The fourth-order valence-electron chi connectivity index (χ4n) is 1.68. The van der Waals surface area contributed by atoms with Crippen LogP contribution in [-0.4, -0.2) is 17.0 Å². The number of nitrogens with zero attached hydrogens (tertiary/aromatic N) is 2. The van der Waals surface area contributed by atoms with E-state index in [1.54, 1.807) is 6.07 Å². The lowest BCUT2D eigenvalue weighted by Gasteiger charge is -2.11. The van der Waals surface area contributed by atoms with Crippen molar-refractivity contribution in [3.63, 3.8) is 0 Å². The molecule has 19 heavy (non-hydrogen) atoms. The van der Waals surface area contributed by atoms with Crippen LogP contribution in [0.5, 0.6) is 0 Å². The second kappa shape index (κ2) is 6.13. The Labute approximate surface area is 133 Å². The minimum atomic E-state index is -0.301. The molecule has 6 heteroatoms. The van der Waals surface area contributed by atoms with Gasteiger partial charge in [-0.05, 0) is 47.2 Å². The Morgan fingerprint density at radius 1 is 1.37 bits per heavy atom. The van der Waals surface area contributed by atoms with Crippen molar-refractivity contribution in [1.29, 1.82) is 0 Å². The van der Waals surface area contributed by atoms with Gasteiger partial charge in [0.1, 0.15) is 11.6 Å². The van der Waals surface area contributed by atoms with Crippen LogP contribution in [0.2, 0.25) is 0 Å². The molecule has 0 atom stereocenters. The van der Waals surface area contributed by atoms with Crippen LogP contribution in [0, 0.1) is 9.39 Å². The molecule has 0 aliphatic heterocycles. The van der Waals surface area contributed by atoms with E-state index in [0.717, 1.165) is 26.0 Å². The number of aromatic nitrogens is 2. The zero-order valence-electron chi connectivity index (χ0n) is 10.5. The van der Waals surface area contributed by atoms with Gasteiger partial charge in [0.2, 0.25) is 0 Å². The minimum Gasteiger partial charge on any atom is -0.372 e. The van der Waals surface area contributed by atoms with E-state index in [2.05, 4.69) is 53.8 Å². The topological polar surface area (TPSA) is 37.8 Å². The van der Waals surface area contributed by atoms with E-state index in [4.69, 9.17) is 0 Å². The third kappa shape index (κ3) is 3.05. The van der Waals surface area contributed by atoms with Crippen molar-refractivity contribution in [2.75, 3.05) is 12.4 Å². The summed E-state index contributed by atoms with van der Waals surface area (Å²) < 4.78 is 15.2. The van der Waals surface area contributed by atoms with Gasteiger partial charge in [0.05, 0.1) is 9.26 Å². The maximum absolute atomic E-state index is 13.4. The summed E-state index contributed by atoms with van der Waals surface area (Å²) in [6.07, 6.45) is 0.801. The minimum absolute atomic E-state index is 0.301. The first-order chi connectivity index (χ1) is 9.06. The van der Waals surface area contributed by atoms with Gasteiger partial charge in [0.15, 0.2) is 5.82 Å². The van der Waals surface area contributed by atoms with Gasteiger partial charge in [-0.2, -0.15) is 0 Å². The molecule has 1 aromatic carbocycles. The molecule has 1 aromatic heterocycles. The average molecular weight is 436 g/mol. The lowest BCUT2D eigenvalue weighted by molar-refractivity contribution is 0.628. The van der Waals surface area contributed by atoms with E-state index in [0.29, 0.717) is 11.4 Å². The van der Waals surface area contributed by atoms with Gasteiger partial charge in [-0.1, -0.05) is 22.9 Å². The van der Waals surface area contributed by atoms with E-state index >= 15 is 0 Å². The number of rotatable bonds is 3. The maximum atomic E-state index is 13.4. The molecule has 0 aliphatic rings. The van der Waals surface area contributed by atoms with Gasteiger partial charge in [0.25, 0.3) is 0 Å². The maximum Gasteiger partial charge on any atom is 0.163 e. The SMILES string of the molecule is CCc1nc(-c2cc(F)ccc2Br)nc(NC)c1I. The summed E-state index contributed by atoms with van der Waals surface area (Å²) in [6, 6.07) is 4.50. The molecule has 0 bridgehead atoms. The first-order valence-corrected chi connectivity index (χ1v) is 7.63. The quantitative estimate of drug-likeness (QED) is 0.732. The largest absolute Gasteiger partial charge is 0.372 e. The highest BCUT2D eigenvalue weighted by Crippen LogP contribution is 2.29. The van der Waals surface area contributed by atoms with E-state index in [1.165, 1.54) is 12.1 Å². The Hall–Kier alpha value is -0.760. The predicted octanol–water partition coefficient (Wildman–Crippen LogP) is 4.25. The fourth-order valence-corrected chi connectivity index (χ4v) is 3.00. The van der Waals surface area contributed by atoms with Crippen LogP contribution >= 0.6 is 38.5 Å². The lowest BCUT2D eigenvalue weighted by Crippen LogP contribution is -2.05. The number of nitrogens with one attached hydrogen (secondary N) is 1. The van der Waals surface area contributed by atoms with Crippen LogP contribution in [0.15, 0.2) is 22.7 Å². The van der Waals surface area contributed by atoms with Gasteiger partial charge in [-0.3, -0.25) is 0 Å². The summed E-state index contributed by atoms with van der Waals surface area (Å²) in [5.74, 6) is 0.982. The van der Waals surface area contributed by atoms with Crippen LogP contribution in [0.25, 0.3) is 11.4 Å². The molecular formula is C13H12BrFIN3. The number of aryl methyl sites for hydroxylation is 1. The fraction of sp³-hybridized carbons (Fsp3) is 0.231. The number of anilines is 1. The van der Waals surface area contributed by atoms with Crippen molar-refractivity contribution in [3.8, 4) is 11.4 Å². The van der Waals surface area contributed by atoms with Gasteiger partial charge >= 0.3 is 0 Å². The third-order valence-corrected chi connectivity index (χ3v) is 4.49. The van der Waals surface area contributed by atoms with Crippen molar-refractivity contribution in [2.45, 2.75) is 13.3 Å². The third-order valence-electron chi connectivity index (χ3n) is 2.66. The molecule has 2 aromatic rings. The molecule has 0 aliphatic carbocycles. The lowest BCUT2D eigenvalue weighted by atomic mass is 10.2. The van der Waals surface area contributed by atoms with Gasteiger partial charge < -0.3 is 5.32 Å². The van der Waals surface area contributed by atoms with Crippen molar-refractivity contribution >= 4 is 44.3 Å². The first-order valence-electron chi connectivity index (χ1n) is 5.76. The molecule has 1 heterocycles. The Morgan fingerprint density at radius 3 is 2.74 bits per heavy atom. The monoisotopic (exact) mass is 435 g/mol. The molecule has 0 fully saturated rings. The smallest absolute Gasteiger partial charge is 0.163 e. The average Bonchev–Trinajstić information content (AvgIpc) is 2.42. The van der Waals surface area contributed by atoms with Crippen molar-refractivity contribution < 1.29 is 4.39 Å². The van der Waals surface area contributed by atoms with Crippen LogP contribution < -0.4 is 5.32 Å². The molecule has 0 saturated carbocycles. The Bertz CT molecular complexity index is 594. The van der Waals surface area contributed by atoms with Crippen LogP contribution in [0.4, 0.5) is 10.2 Å². The van der Waals surface area contributed by atoms with Crippen LogP contribution in [0.3, 0.4) is 0 Å². The molecule has 100 valence electrons. The molecular weight excluding hydrogens is 424 g/mol. The van der Waals surface area contributed by atoms with Gasteiger partial charge in [-0.15, -0.1) is 0 Å². The molecule has 0 unspecified atom stereocenters. The van der Waals surface area contributed by atoms with E-state index in [9.17, 15) is 4.39 Å². The van der Waals surface area contributed by atoms with E-state index < -0.39 is 0 Å². The Kier molecular flexibility index (Phi) is 4.72. The highest BCUT2D eigenvalue weighted by Gasteiger charge is 2.14. The molecule has 0 spiro atoms. The molecule has 0 amide bonds. The molecule has 0 radical (unpaired) electrons. The van der Waals surface area contributed by atoms with Gasteiger partial charge in [-0.25, -0.2) is 14.4 Å². The number of hydrogen-bond acceptors (Lipinski definition) is 3. The predicted molar refractivity (Wildman–Crippen MR) is 86.8 cm³/mol. The number of hydrogen-bond donors (Lipinski definition) is 1. The zero-order valence-corrected chi connectivity index (χ0v) is 14.2. The zero-order chi connectivity index (χ0) is 14.0. The van der Waals surface area contributed by atoms with Crippen molar-refractivity contribution in [2.24, 2.45) is 0 Å². The standard InChI is InChI=1S/C13H12BrFIN3/c1-3-10-11(16)13(17-2)19-12(18-10)8-6-7(15)4-5-9(8)14/h4-6H,3H2,1-2H3,(H,17,18,19). The summed E-state index contributed by atoms with van der Waals surface area (Å²) in [4.78, 5) is 8.96. The summed E-state index contributed by atoms with van der Waals surface area (Å²) in [5.41, 5.74) is 1.61. The molecule has 2 rings (SSSR count). The number of halogens is 3. The highest BCUT2D eigenvalue weighted by molar-refractivity contribution is 14.1. The highest BCUT2D eigenvalue weighted by atomic mass is 127. The second-order valence-electron chi connectivity index (χ2n) is 3.88. The second-order valence-corrected chi connectivity index (χ2v) is 5.82.